The average Bonchev–Trinajstić information content (AvgIpc) is 2.61. The number of esters is 1. The van der Waals surface area contributed by atoms with Gasteiger partial charge in [0.2, 0.25) is 5.91 Å². The van der Waals surface area contributed by atoms with Crippen molar-refractivity contribution in [2.75, 3.05) is 23.8 Å². The summed E-state index contributed by atoms with van der Waals surface area (Å²) in [5.41, 5.74) is 2.89. The van der Waals surface area contributed by atoms with Crippen LogP contribution in [-0.2, 0) is 16.0 Å². The molecule has 126 valence electrons. The van der Waals surface area contributed by atoms with Crippen LogP contribution in [0.3, 0.4) is 0 Å². The molecule has 2 aromatic carbocycles. The van der Waals surface area contributed by atoms with Gasteiger partial charge in [0, 0.05) is 5.69 Å². The fraction of sp³-hybridized carbons (Fsp3) is 0.263. The summed E-state index contributed by atoms with van der Waals surface area (Å²) >= 11 is 0. The van der Waals surface area contributed by atoms with Crippen molar-refractivity contribution < 1.29 is 14.3 Å². The lowest BCUT2D eigenvalue weighted by Gasteiger charge is -2.13. The molecule has 0 atom stereocenters. The van der Waals surface area contributed by atoms with Crippen LogP contribution >= 0.6 is 0 Å². The molecule has 0 aliphatic rings. The molecule has 2 aromatic rings. The van der Waals surface area contributed by atoms with Crippen LogP contribution < -0.4 is 10.6 Å². The van der Waals surface area contributed by atoms with E-state index >= 15 is 0 Å². The van der Waals surface area contributed by atoms with Crippen LogP contribution in [0.25, 0.3) is 0 Å². The molecule has 0 bridgehead atoms. The minimum atomic E-state index is -0.447. The Morgan fingerprint density at radius 1 is 0.958 bits per heavy atom. The van der Waals surface area contributed by atoms with Crippen molar-refractivity contribution in [1.82, 2.24) is 0 Å². The molecular formula is C19H22N2O3. The van der Waals surface area contributed by atoms with E-state index in [9.17, 15) is 9.59 Å². The summed E-state index contributed by atoms with van der Waals surface area (Å²) in [6, 6.07) is 14.7. The maximum Gasteiger partial charge on any atom is 0.340 e. The third-order valence-corrected chi connectivity index (χ3v) is 3.53. The van der Waals surface area contributed by atoms with E-state index in [0.717, 1.165) is 17.7 Å². The van der Waals surface area contributed by atoms with Crippen molar-refractivity contribution in [3.05, 3.63) is 59.7 Å². The van der Waals surface area contributed by atoms with Gasteiger partial charge < -0.3 is 15.4 Å². The predicted molar refractivity (Wildman–Crippen MR) is 95.3 cm³/mol. The van der Waals surface area contributed by atoms with Gasteiger partial charge >= 0.3 is 5.97 Å². The summed E-state index contributed by atoms with van der Waals surface area (Å²) in [5, 5.41) is 5.89. The number of benzene rings is 2. The van der Waals surface area contributed by atoms with E-state index in [0.29, 0.717) is 11.3 Å². The highest BCUT2D eigenvalue weighted by molar-refractivity contribution is 6.02. The number of rotatable bonds is 7. The second kappa shape index (κ2) is 8.72. The van der Waals surface area contributed by atoms with Crippen molar-refractivity contribution in [2.24, 2.45) is 0 Å². The Morgan fingerprint density at radius 3 is 2.33 bits per heavy atom. The van der Waals surface area contributed by atoms with Gasteiger partial charge in [-0.05, 0) is 37.1 Å². The molecule has 5 heteroatoms. The number of nitrogens with one attached hydrogen (secondary N) is 2. The summed E-state index contributed by atoms with van der Waals surface area (Å²) in [7, 11) is 0. The van der Waals surface area contributed by atoms with Gasteiger partial charge in [0.1, 0.15) is 0 Å². The predicted octanol–water partition coefficient (Wildman–Crippen LogP) is 3.48. The number of hydrogen-bond donors (Lipinski definition) is 2. The van der Waals surface area contributed by atoms with Gasteiger partial charge in [0.05, 0.1) is 24.4 Å². The van der Waals surface area contributed by atoms with E-state index in [1.54, 1.807) is 31.2 Å². The highest BCUT2D eigenvalue weighted by Gasteiger charge is 2.13. The smallest absolute Gasteiger partial charge is 0.340 e. The number of amides is 1. The Kier molecular flexibility index (Phi) is 6.37. The summed E-state index contributed by atoms with van der Waals surface area (Å²) in [6.07, 6.45) is 0.885. The quantitative estimate of drug-likeness (QED) is 0.765. The molecule has 2 N–H and O–H groups in total. The van der Waals surface area contributed by atoms with E-state index < -0.39 is 5.97 Å². The molecule has 0 radical (unpaired) electrons. The Bertz CT molecular complexity index is 713. The van der Waals surface area contributed by atoms with Gasteiger partial charge in [-0.15, -0.1) is 0 Å². The van der Waals surface area contributed by atoms with Gasteiger partial charge in [-0.3, -0.25) is 4.79 Å². The number of ether oxygens (including phenoxy) is 1. The minimum absolute atomic E-state index is 0.119. The molecule has 0 spiro atoms. The van der Waals surface area contributed by atoms with E-state index in [-0.39, 0.29) is 19.1 Å². The monoisotopic (exact) mass is 326 g/mol. The Morgan fingerprint density at radius 2 is 1.62 bits per heavy atom. The molecule has 2 rings (SSSR count). The molecule has 0 aromatic heterocycles. The van der Waals surface area contributed by atoms with Crippen LogP contribution in [-0.4, -0.2) is 25.0 Å². The maximum atomic E-state index is 12.2. The molecule has 0 fully saturated rings. The lowest BCUT2D eigenvalue weighted by molar-refractivity contribution is -0.114. The van der Waals surface area contributed by atoms with Crippen molar-refractivity contribution in [3.8, 4) is 0 Å². The molecule has 0 saturated carbocycles. The normalized spacial score (nSPS) is 10.1. The lowest BCUT2D eigenvalue weighted by Crippen LogP contribution is -2.23. The van der Waals surface area contributed by atoms with E-state index in [4.69, 9.17) is 4.74 Å². The Labute approximate surface area is 142 Å². The number of carbonyl (C=O) groups excluding carboxylic acids is 2. The SMILES string of the molecule is CCOC(=O)c1ccccc1NC(=O)CNc1ccccc1CC. The van der Waals surface area contributed by atoms with Crippen LogP contribution in [0, 0.1) is 0 Å². The molecule has 0 unspecified atom stereocenters. The summed E-state index contributed by atoms with van der Waals surface area (Å²) < 4.78 is 5.00. The van der Waals surface area contributed by atoms with Crippen LogP contribution in [0.15, 0.2) is 48.5 Å². The van der Waals surface area contributed by atoms with Gasteiger partial charge in [-0.1, -0.05) is 37.3 Å². The van der Waals surface area contributed by atoms with Gasteiger partial charge in [-0.2, -0.15) is 0 Å². The second-order valence-electron chi connectivity index (χ2n) is 5.18. The molecule has 1 amide bonds. The number of anilines is 2. The third-order valence-electron chi connectivity index (χ3n) is 3.53. The average molecular weight is 326 g/mol. The summed E-state index contributed by atoms with van der Waals surface area (Å²) in [6.45, 7) is 4.22. The third kappa shape index (κ3) is 4.59. The molecular weight excluding hydrogens is 304 g/mol. The lowest BCUT2D eigenvalue weighted by atomic mass is 10.1. The summed E-state index contributed by atoms with van der Waals surface area (Å²) in [5.74, 6) is -0.671. The highest BCUT2D eigenvalue weighted by Crippen LogP contribution is 2.17. The highest BCUT2D eigenvalue weighted by atomic mass is 16.5. The van der Waals surface area contributed by atoms with Crippen molar-refractivity contribution >= 4 is 23.3 Å². The van der Waals surface area contributed by atoms with Gasteiger partial charge in [0.25, 0.3) is 0 Å². The second-order valence-corrected chi connectivity index (χ2v) is 5.18. The fourth-order valence-electron chi connectivity index (χ4n) is 2.35. The molecule has 24 heavy (non-hydrogen) atoms. The largest absolute Gasteiger partial charge is 0.462 e. The molecule has 0 aliphatic heterocycles. The minimum Gasteiger partial charge on any atom is -0.462 e. The van der Waals surface area contributed by atoms with E-state index in [1.807, 2.05) is 24.3 Å². The topological polar surface area (TPSA) is 67.4 Å². The first-order valence-electron chi connectivity index (χ1n) is 8.03. The van der Waals surface area contributed by atoms with E-state index in [1.165, 1.54) is 0 Å². The summed E-state index contributed by atoms with van der Waals surface area (Å²) in [4.78, 5) is 24.1. The Balaban J connectivity index is 2.01. The first-order valence-corrected chi connectivity index (χ1v) is 8.03. The Hall–Kier alpha value is -2.82. The van der Waals surface area contributed by atoms with Crippen molar-refractivity contribution in [2.45, 2.75) is 20.3 Å². The first-order chi connectivity index (χ1) is 11.7. The first kappa shape index (κ1) is 17.5. The number of aryl methyl sites for hydroxylation is 1. The molecule has 0 saturated heterocycles. The number of hydrogen-bond acceptors (Lipinski definition) is 4. The van der Waals surface area contributed by atoms with Crippen LogP contribution in [0.4, 0.5) is 11.4 Å². The van der Waals surface area contributed by atoms with Crippen molar-refractivity contribution in [3.63, 3.8) is 0 Å². The molecule has 0 heterocycles. The standard InChI is InChI=1S/C19H22N2O3/c1-3-14-9-5-7-11-16(14)20-13-18(22)21-17-12-8-6-10-15(17)19(23)24-4-2/h5-12,20H,3-4,13H2,1-2H3,(H,21,22). The number of carbonyl (C=O) groups is 2. The van der Waals surface area contributed by atoms with Crippen molar-refractivity contribution in [1.29, 1.82) is 0 Å². The zero-order chi connectivity index (χ0) is 17.4. The van der Waals surface area contributed by atoms with Crippen LogP contribution in [0.1, 0.15) is 29.8 Å². The van der Waals surface area contributed by atoms with Crippen LogP contribution in [0.5, 0.6) is 0 Å². The molecule has 5 nitrogen and oxygen atoms in total. The zero-order valence-corrected chi connectivity index (χ0v) is 14.0. The zero-order valence-electron chi connectivity index (χ0n) is 14.0. The van der Waals surface area contributed by atoms with Gasteiger partial charge in [-0.25, -0.2) is 4.79 Å². The van der Waals surface area contributed by atoms with Gasteiger partial charge in [0.15, 0.2) is 0 Å². The van der Waals surface area contributed by atoms with Crippen LogP contribution in [0.2, 0.25) is 0 Å². The van der Waals surface area contributed by atoms with E-state index in [2.05, 4.69) is 17.6 Å². The fourth-order valence-corrected chi connectivity index (χ4v) is 2.35. The maximum absolute atomic E-state index is 12.2. The number of para-hydroxylation sites is 2. The molecule has 0 aliphatic carbocycles.